The smallest absolute Gasteiger partial charge is 0.283 e. The Balaban J connectivity index is 2.61. The Morgan fingerprint density at radius 2 is 1.17 bits per heavy atom. The predicted octanol–water partition coefficient (Wildman–Crippen LogP) is 5.89. The van der Waals surface area contributed by atoms with Crippen molar-refractivity contribution in [3.63, 3.8) is 0 Å². The fourth-order valence-corrected chi connectivity index (χ4v) is 5.91. The molecule has 0 fully saturated rings. The highest BCUT2D eigenvalue weighted by molar-refractivity contribution is 7.87. The quantitative estimate of drug-likeness (QED) is 0.311. The maximum Gasteiger partial charge on any atom is 0.283 e. The summed E-state index contributed by atoms with van der Waals surface area (Å²) >= 11 is 24.6. The average Bonchev–Trinajstić information content (AvgIpc) is 2.57. The van der Waals surface area contributed by atoms with E-state index in [1.807, 2.05) is 0 Å². The van der Waals surface area contributed by atoms with Gasteiger partial charge in [-0.15, -0.1) is 0 Å². The van der Waals surface area contributed by atoms with Crippen LogP contribution in [0.4, 0.5) is 0 Å². The van der Waals surface area contributed by atoms with Crippen molar-refractivity contribution < 1.29 is 23.2 Å². The van der Waals surface area contributed by atoms with Crippen LogP contribution in [0.25, 0.3) is 0 Å². The molecule has 0 saturated carbocycles. The summed E-state index contributed by atoms with van der Waals surface area (Å²) in [5.41, 5.74) is -0.397. The molecule has 5 nitrogen and oxygen atoms in total. The van der Waals surface area contributed by atoms with E-state index in [9.17, 15) is 23.2 Å². The summed E-state index contributed by atoms with van der Waals surface area (Å²) < 4.78 is 34.0. The number of hydrogen-bond acceptors (Lipinski definition) is 4. The molecule has 0 amide bonds. The third-order valence-corrected chi connectivity index (χ3v) is 6.82. The van der Waals surface area contributed by atoms with Crippen molar-refractivity contribution >= 4 is 56.5 Å². The van der Waals surface area contributed by atoms with E-state index in [0.717, 1.165) is 18.2 Å². The van der Waals surface area contributed by atoms with Gasteiger partial charge in [0.1, 0.15) is 11.5 Å². The van der Waals surface area contributed by atoms with Crippen LogP contribution in [0.1, 0.15) is 16.7 Å². The minimum atomic E-state index is -5.07. The van der Waals surface area contributed by atoms with Gasteiger partial charge in [0.25, 0.3) is 10.1 Å². The first-order valence-corrected chi connectivity index (χ1v) is 10.8. The highest BCUT2D eigenvalue weighted by atomic mass is 35.5. The van der Waals surface area contributed by atoms with Crippen LogP contribution in [-0.2, 0) is 14.9 Å². The Hall–Kier alpha value is -1.67. The summed E-state index contributed by atoms with van der Waals surface area (Å²) in [4.78, 5) is 0. The number of rotatable bonds is 4. The van der Waals surface area contributed by atoms with Gasteiger partial charge in [-0.1, -0.05) is 58.5 Å². The molecule has 3 aromatic carbocycles. The van der Waals surface area contributed by atoms with Crippen LogP contribution in [0.15, 0.2) is 54.6 Å². The van der Waals surface area contributed by atoms with Crippen molar-refractivity contribution in [1.29, 1.82) is 0 Å². The fraction of sp³-hybridized carbons (Fsp3) is 0.0526. The molecule has 0 aromatic heterocycles. The maximum absolute atomic E-state index is 13.0. The Morgan fingerprint density at radius 1 is 0.690 bits per heavy atom. The molecule has 0 heterocycles. The SMILES string of the molecule is O=S(=O)(O)C(c1ccc(Cl)cc1)(c1cc(O)cc(O)c1)c1c(Cl)cc(Cl)cc1Cl. The van der Waals surface area contributed by atoms with Crippen molar-refractivity contribution in [2.24, 2.45) is 0 Å². The monoisotopic (exact) mass is 492 g/mol. The van der Waals surface area contributed by atoms with Gasteiger partial charge >= 0.3 is 0 Å². The minimum absolute atomic E-state index is 0.0144. The lowest BCUT2D eigenvalue weighted by Gasteiger charge is -2.34. The van der Waals surface area contributed by atoms with Gasteiger partial charge in [-0.05, 0) is 47.5 Å². The molecular weight excluding hydrogens is 482 g/mol. The van der Waals surface area contributed by atoms with Crippen molar-refractivity contribution in [3.8, 4) is 11.5 Å². The topological polar surface area (TPSA) is 94.8 Å². The summed E-state index contributed by atoms with van der Waals surface area (Å²) in [6, 6.07) is 11.2. The van der Waals surface area contributed by atoms with Gasteiger partial charge in [0.05, 0.1) is 0 Å². The number of hydrogen-bond donors (Lipinski definition) is 3. The van der Waals surface area contributed by atoms with Crippen molar-refractivity contribution in [2.75, 3.05) is 0 Å². The first kappa shape index (κ1) is 22.0. The number of phenolic OH excluding ortho intramolecular Hbond substituents is 2. The van der Waals surface area contributed by atoms with E-state index < -0.39 is 26.4 Å². The molecule has 1 unspecified atom stereocenters. The van der Waals surface area contributed by atoms with E-state index in [2.05, 4.69) is 0 Å². The van der Waals surface area contributed by atoms with E-state index in [-0.39, 0.29) is 31.8 Å². The molecule has 0 spiro atoms. The first-order valence-electron chi connectivity index (χ1n) is 7.88. The second kappa shape index (κ2) is 7.87. The van der Waals surface area contributed by atoms with Gasteiger partial charge in [0, 0.05) is 31.7 Å². The van der Waals surface area contributed by atoms with E-state index in [0.29, 0.717) is 5.02 Å². The zero-order chi connectivity index (χ0) is 21.6. The Labute approximate surface area is 186 Å². The van der Waals surface area contributed by atoms with Crippen LogP contribution >= 0.6 is 46.4 Å². The molecule has 0 aliphatic heterocycles. The number of halogens is 4. The van der Waals surface area contributed by atoms with Crippen molar-refractivity contribution in [1.82, 2.24) is 0 Å². The molecule has 0 aliphatic carbocycles. The summed E-state index contributed by atoms with van der Waals surface area (Å²) in [5.74, 6) is -0.883. The third kappa shape index (κ3) is 3.89. The first-order chi connectivity index (χ1) is 13.5. The van der Waals surface area contributed by atoms with Crippen molar-refractivity contribution in [2.45, 2.75) is 4.75 Å². The largest absolute Gasteiger partial charge is 0.508 e. The van der Waals surface area contributed by atoms with E-state index in [4.69, 9.17) is 46.4 Å². The summed E-state index contributed by atoms with van der Waals surface area (Å²) in [6.45, 7) is 0. The molecule has 3 rings (SSSR count). The Bertz CT molecular complexity index is 1150. The standard InChI is InChI=1S/C19H12Cl4O5S/c20-12-3-1-10(2-4-12)19(29(26,27)28,11-5-14(24)9-15(25)6-11)18-16(22)7-13(21)8-17(18)23/h1-9,24-25H,(H,26,27,28). The number of phenols is 2. The lowest BCUT2D eigenvalue weighted by atomic mass is 9.83. The van der Waals surface area contributed by atoms with Gasteiger partial charge in [0.2, 0.25) is 0 Å². The highest BCUT2D eigenvalue weighted by Gasteiger charge is 2.51. The highest BCUT2D eigenvalue weighted by Crippen LogP contribution is 2.51. The Morgan fingerprint density at radius 3 is 1.62 bits per heavy atom. The van der Waals surface area contributed by atoms with E-state index in [1.54, 1.807) is 0 Å². The lowest BCUT2D eigenvalue weighted by molar-refractivity contribution is 0.444. The molecule has 152 valence electrons. The van der Waals surface area contributed by atoms with Gasteiger partial charge in [-0.2, -0.15) is 8.42 Å². The molecule has 0 bridgehead atoms. The van der Waals surface area contributed by atoms with Gasteiger partial charge in [-0.25, -0.2) is 0 Å². The van der Waals surface area contributed by atoms with Gasteiger partial charge in [-0.3, -0.25) is 4.55 Å². The Kier molecular flexibility index (Phi) is 5.98. The van der Waals surface area contributed by atoms with Crippen LogP contribution in [-0.4, -0.2) is 23.2 Å². The average molecular weight is 494 g/mol. The van der Waals surface area contributed by atoms with Gasteiger partial charge in [0.15, 0.2) is 4.75 Å². The summed E-state index contributed by atoms with van der Waals surface area (Å²) in [5, 5.41) is 20.1. The number of benzene rings is 3. The summed E-state index contributed by atoms with van der Waals surface area (Å²) in [6.07, 6.45) is 0. The van der Waals surface area contributed by atoms with Crippen LogP contribution < -0.4 is 0 Å². The maximum atomic E-state index is 13.0. The molecule has 0 saturated heterocycles. The van der Waals surface area contributed by atoms with E-state index in [1.165, 1.54) is 36.4 Å². The predicted molar refractivity (Wildman–Crippen MR) is 114 cm³/mol. The fourth-order valence-electron chi connectivity index (χ4n) is 3.24. The van der Waals surface area contributed by atoms with Crippen LogP contribution in [0.5, 0.6) is 11.5 Å². The molecule has 3 N–H and O–H groups in total. The number of aromatic hydroxyl groups is 2. The molecule has 0 aliphatic rings. The normalized spacial score (nSPS) is 13.8. The molecule has 29 heavy (non-hydrogen) atoms. The molecule has 10 heteroatoms. The molecular formula is C19H12Cl4O5S. The zero-order valence-electron chi connectivity index (χ0n) is 14.3. The lowest BCUT2D eigenvalue weighted by Crippen LogP contribution is -2.38. The summed E-state index contributed by atoms with van der Waals surface area (Å²) in [7, 11) is -5.07. The van der Waals surface area contributed by atoms with E-state index >= 15 is 0 Å². The second-order valence-electron chi connectivity index (χ2n) is 6.15. The van der Waals surface area contributed by atoms with Crippen LogP contribution in [0.3, 0.4) is 0 Å². The molecule has 3 aromatic rings. The molecule has 1 atom stereocenters. The third-order valence-electron chi connectivity index (χ3n) is 4.31. The van der Waals surface area contributed by atoms with Crippen molar-refractivity contribution in [3.05, 3.63) is 91.4 Å². The zero-order valence-corrected chi connectivity index (χ0v) is 18.1. The van der Waals surface area contributed by atoms with Gasteiger partial charge < -0.3 is 10.2 Å². The molecule has 0 radical (unpaired) electrons. The minimum Gasteiger partial charge on any atom is -0.508 e. The van der Waals surface area contributed by atoms with Crippen LogP contribution in [0.2, 0.25) is 20.1 Å². The second-order valence-corrected chi connectivity index (χ2v) is 9.40. The van der Waals surface area contributed by atoms with Crippen LogP contribution in [0, 0.1) is 0 Å².